The van der Waals surface area contributed by atoms with Gasteiger partial charge in [0.15, 0.2) is 11.5 Å². The number of amides is 1. The van der Waals surface area contributed by atoms with Crippen LogP contribution < -0.4 is 25.3 Å². The first kappa shape index (κ1) is 22.5. The van der Waals surface area contributed by atoms with Gasteiger partial charge in [0, 0.05) is 6.08 Å². The summed E-state index contributed by atoms with van der Waals surface area (Å²) in [6.07, 6.45) is 7.18. The van der Waals surface area contributed by atoms with Crippen LogP contribution in [-0.2, 0) is 4.79 Å². The molecule has 3 aromatic rings. The Morgan fingerprint density at radius 1 is 0.781 bits per heavy atom. The lowest BCUT2D eigenvalue weighted by molar-refractivity contribution is -0.111. The summed E-state index contributed by atoms with van der Waals surface area (Å²) in [5, 5.41) is 2.77. The van der Waals surface area contributed by atoms with Crippen LogP contribution in [0.2, 0.25) is 0 Å². The molecule has 0 aliphatic rings. The van der Waals surface area contributed by atoms with Crippen LogP contribution in [-0.4, -0.2) is 27.2 Å². The van der Waals surface area contributed by atoms with E-state index in [0.29, 0.717) is 28.6 Å². The Kier molecular flexibility index (Phi) is 7.54. The zero-order valence-electron chi connectivity index (χ0n) is 18.3. The Labute approximate surface area is 187 Å². The van der Waals surface area contributed by atoms with Crippen LogP contribution in [0.5, 0.6) is 17.2 Å². The Hall–Kier alpha value is -4.19. The highest BCUT2D eigenvalue weighted by atomic mass is 16.5. The van der Waals surface area contributed by atoms with Gasteiger partial charge in [0.1, 0.15) is 0 Å². The highest BCUT2D eigenvalue weighted by molar-refractivity contribution is 6.03. The quantitative estimate of drug-likeness (QED) is 0.295. The van der Waals surface area contributed by atoms with Gasteiger partial charge in [-0.25, -0.2) is 0 Å². The standard InChI is InChI=1S/C26H26N2O4/c1-30-23-16-20(17-24(31-2)26(23)32-3)13-12-18-8-10-19(11-9-18)14-15-25(29)28-22-7-5-4-6-21(22)27/h4-17H,27H2,1-3H3,(H,28,29)/b13-12+,15-14-. The molecule has 0 spiro atoms. The molecule has 0 unspecified atom stereocenters. The van der Waals surface area contributed by atoms with Crippen molar-refractivity contribution in [2.45, 2.75) is 0 Å². The summed E-state index contributed by atoms with van der Waals surface area (Å²) in [6, 6.07) is 18.7. The number of ether oxygens (including phenoxy) is 3. The van der Waals surface area contributed by atoms with Crippen molar-refractivity contribution < 1.29 is 19.0 Å². The van der Waals surface area contributed by atoms with Gasteiger partial charge in [-0.1, -0.05) is 48.6 Å². The van der Waals surface area contributed by atoms with Gasteiger partial charge in [-0.15, -0.1) is 0 Å². The summed E-state index contributed by atoms with van der Waals surface area (Å²) in [5.41, 5.74) is 9.80. The molecule has 3 N–H and O–H groups in total. The lowest BCUT2D eigenvalue weighted by Crippen LogP contribution is -2.09. The Morgan fingerprint density at radius 3 is 1.91 bits per heavy atom. The smallest absolute Gasteiger partial charge is 0.248 e. The summed E-state index contributed by atoms with van der Waals surface area (Å²) in [6.45, 7) is 0. The monoisotopic (exact) mass is 430 g/mol. The normalized spacial score (nSPS) is 11.0. The minimum atomic E-state index is -0.241. The van der Waals surface area contributed by atoms with E-state index in [1.54, 1.807) is 39.5 Å². The minimum absolute atomic E-state index is 0.241. The maximum absolute atomic E-state index is 12.1. The molecule has 6 nitrogen and oxygen atoms in total. The number of nitrogens with two attached hydrogens (primary N) is 1. The Balaban J connectivity index is 1.67. The van der Waals surface area contributed by atoms with Gasteiger partial charge in [-0.3, -0.25) is 4.79 Å². The Bertz CT molecular complexity index is 1110. The fraction of sp³-hybridized carbons (Fsp3) is 0.115. The number of hydrogen-bond acceptors (Lipinski definition) is 5. The predicted octanol–water partition coefficient (Wildman–Crippen LogP) is 5.12. The fourth-order valence-corrected chi connectivity index (χ4v) is 3.07. The van der Waals surface area contributed by atoms with Gasteiger partial charge in [-0.05, 0) is 47.0 Å². The Morgan fingerprint density at radius 2 is 1.34 bits per heavy atom. The molecule has 164 valence electrons. The summed E-state index contributed by atoms with van der Waals surface area (Å²) in [7, 11) is 4.75. The predicted molar refractivity (Wildman–Crippen MR) is 130 cm³/mol. The van der Waals surface area contributed by atoms with Gasteiger partial charge < -0.3 is 25.3 Å². The van der Waals surface area contributed by atoms with E-state index in [0.717, 1.165) is 16.7 Å². The van der Waals surface area contributed by atoms with E-state index in [4.69, 9.17) is 19.9 Å². The van der Waals surface area contributed by atoms with Gasteiger partial charge in [0.05, 0.1) is 32.7 Å². The molecule has 6 heteroatoms. The van der Waals surface area contributed by atoms with Crippen molar-refractivity contribution in [1.29, 1.82) is 0 Å². The van der Waals surface area contributed by atoms with E-state index >= 15 is 0 Å². The molecule has 3 rings (SSSR count). The number of anilines is 2. The van der Waals surface area contributed by atoms with Crippen LogP contribution in [0, 0.1) is 0 Å². The third-order valence-corrected chi connectivity index (χ3v) is 4.74. The van der Waals surface area contributed by atoms with Crippen molar-refractivity contribution in [1.82, 2.24) is 0 Å². The first-order valence-corrected chi connectivity index (χ1v) is 9.95. The summed E-state index contributed by atoms with van der Waals surface area (Å²) < 4.78 is 16.1. The van der Waals surface area contributed by atoms with Crippen molar-refractivity contribution in [3.05, 3.63) is 83.4 Å². The van der Waals surface area contributed by atoms with Crippen LogP contribution >= 0.6 is 0 Å². The van der Waals surface area contributed by atoms with E-state index in [1.165, 1.54) is 6.08 Å². The van der Waals surface area contributed by atoms with Crippen molar-refractivity contribution in [2.75, 3.05) is 32.4 Å². The number of rotatable bonds is 8. The number of nitrogen functional groups attached to an aromatic ring is 1. The first-order chi connectivity index (χ1) is 15.5. The molecule has 0 atom stereocenters. The van der Waals surface area contributed by atoms with Crippen molar-refractivity contribution in [3.63, 3.8) is 0 Å². The summed E-state index contributed by atoms with van der Waals surface area (Å²) >= 11 is 0. The molecule has 0 aliphatic carbocycles. The molecule has 0 radical (unpaired) electrons. The third kappa shape index (κ3) is 5.70. The molecule has 0 bridgehead atoms. The zero-order chi connectivity index (χ0) is 22.9. The van der Waals surface area contributed by atoms with Gasteiger partial charge in [-0.2, -0.15) is 0 Å². The lowest BCUT2D eigenvalue weighted by Gasteiger charge is -2.12. The van der Waals surface area contributed by atoms with E-state index in [1.807, 2.05) is 60.7 Å². The van der Waals surface area contributed by atoms with Crippen LogP contribution in [0.15, 0.2) is 66.7 Å². The third-order valence-electron chi connectivity index (χ3n) is 4.74. The molecule has 0 heterocycles. The van der Waals surface area contributed by atoms with Crippen molar-refractivity contribution in [3.8, 4) is 17.2 Å². The van der Waals surface area contributed by atoms with Crippen LogP contribution in [0.4, 0.5) is 11.4 Å². The molecule has 0 aliphatic heterocycles. The molecule has 32 heavy (non-hydrogen) atoms. The number of benzene rings is 3. The molecule has 3 aromatic carbocycles. The van der Waals surface area contributed by atoms with E-state index in [9.17, 15) is 4.79 Å². The van der Waals surface area contributed by atoms with E-state index < -0.39 is 0 Å². The maximum atomic E-state index is 12.1. The number of para-hydroxylation sites is 2. The highest BCUT2D eigenvalue weighted by Gasteiger charge is 2.11. The van der Waals surface area contributed by atoms with Crippen LogP contribution in [0.3, 0.4) is 0 Å². The highest BCUT2D eigenvalue weighted by Crippen LogP contribution is 2.38. The molecular weight excluding hydrogens is 404 g/mol. The largest absolute Gasteiger partial charge is 0.493 e. The second kappa shape index (κ2) is 10.7. The molecule has 0 aromatic heterocycles. The average molecular weight is 431 g/mol. The van der Waals surface area contributed by atoms with E-state index in [-0.39, 0.29) is 5.91 Å². The summed E-state index contributed by atoms with van der Waals surface area (Å²) in [5.74, 6) is 1.52. The van der Waals surface area contributed by atoms with Crippen molar-refractivity contribution in [2.24, 2.45) is 0 Å². The van der Waals surface area contributed by atoms with Crippen LogP contribution in [0.1, 0.15) is 16.7 Å². The average Bonchev–Trinajstić information content (AvgIpc) is 2.82. The molecule has 1 amide bonds. The number of nitrogens with one attached hydrogen (secondary N) is 1. The zero-order valence-corrected chi connectivity index (χ0v) is 18.3. The SMILES string of the molecule is COc1cc(/C=C/c2ccc(/C=C\C(=O)Nc3ccccc3N)cc2)cc(OC)c1OC. The second-order valence-corrected chi connectivity index (χ2v) is 6.87. The number of hydrogen-bond donors (Lipinski definition) is 2. The number of carbonyl (C=O) groups is 1. The van der Waals surface area contributed by atoms with Gasteiger partial charge in [0.25, 0.3) is 0 Å². The van der Waals surface area contributed by atoms with Gasteiger partial charge in [0.2, 0.25) is 11.7 Å². The van der Waals surface area contributed by atoms with Crippen LogP contribution in [0.25, 0.3) is 18.2 Å². The number of methoxy groups -OCH3 is 3. The maximum Gasteiger partial charge on any atom is 0.248 e. The second-order valence-electron chi connectivity index (χ2n) is 6.87. The lowest BCUT2D eigenvalue weighted by atomic mass is 10.1. The number of carbonyl (C=O) groups excluding carboxylic acids is 1. The first-order valence-electron chi connectivity index (χ1n) is 9.95. The molecule has 0 fully saturated rings. The molecular formula is C26H26N2O4. The topological polar surface area (TPSA) is 82.8 Å². The van der Waals surface area contributed by atoms with Gasteiger partial charge >= 0.3 is 0 Å². The van der Waals surface area contributed by atoms with E-state index in [2.05, 4.69) is 5.32 Å². The minimum Gasteiger partial charge on any atom is -0.493 e. The molecule has 0 saturated carbocycles. The molecule has 0 saturated heterocycles. The summed E-state index contributed by atoms with van der Waals surface area (Å²) in [4.78, 5) is 12.1. The van der Waals surface area contributed by atoms with Crippen molar-refractivity contribution >= 4 is 35.5 Å². The fourth-order valence-electron chi connectivity index (χ4n) is 3.07.